The van der Waals surface area contributed by atoms with Crippen LogP contribution in [0.15, 0.2) is 0 Å². The van der Waals surface area contributed by atoms with Gasteiger partial charge in [-0.1, -0.05) is 33.9 Å². The van der Waals surface area contributed by atoms with E-state index in [9.17, 15) is 5.11 Å². The number of rotatable bonds is 2. The summed E-state index contributed by atoms with van der Waals surface area (Å²) in [4.78, 5) is 0. The Morgan fingerprint density at radius 2 is 1.63 bits per heavy atom. The van der Waals surface area contributed by atoms with Gasteiger partial charge < -0.3 is 19.3 Å². The standard InChI is InChI=1S/C14H28O4Si/c1-13(2,3)19(6,7)8-9-10-11(12(15)16-9)18-14(4,5)17-10/h9-12,15H,8H2,1-7H3/t9-,10-,11-,12-/m1/s1. The molecule has 0 bridgehead atoms. The molecule has 2 rings (SSSR count). The van der Waals surface area contributed by atoms with Gasteiger partial charge >= 0.3 is 0 Å². The Hall–Kier alpha value is 0.0569. The van der Waals surface area contributed by atoms with E-state index in [0.29, 0.717) is 5.04 Å². The average molecular weight is 288 g/mol. The van der Waals surface area contributed by atoms with Crippen LogP contribution in [0.1, 0.15) is 34.6 Å². The highest BCUT2D eigenvalue weighted by Gasteiger charge is 2.56. The van der Waals surface area contributed by atoms with Crippen LogP contribution >= 0.6 is 0 Å². The molecule has 0 aromatic carbocycles. The zero-order valence-corrected chi connectivity index (χ0v) is 14.2. The van der Waals surface area contributed by atoms with Crippen LogP contribution < -0.4 is 0 Å². The lowest BCUT2D eigenvalue weighted by Crippen LogP contribution is -2.43. The highest BCUT2D eigenvalue weighted by atomic mass is 28.3. The molecule has 2 fully saturated rings. The monoisotopic (exact) mass is 288 g/mol. The predicted octanol–water partition coefficient (Wildman–Crippen LogP) is 2.73. The van der Waals surface area contributed by atoms with E-state index in [4.69, 9.17) is 14.2 Å². The molecule has 2 saturated heterocycles. The summed E-state index contributed by atoms with van der Waals surface area (Å²) in [5, 5.41) is 10.3. The average Bonchev–Trinajstić information content (AvgIpc) is 2.62. The van der Waals surface area contributed by atoms with E-state index in [0.717, 1.165) is 6.04 Å². The van der Waals surface area contributed by atoms with Gasteiger partial charge in [0, 0.05) is 0 Å². The van der Waals surface area contributed by atoms with Crippen LogP contribution in [-0.4, -0.2) is 43.6 Å². The van der Waals surface area contributed by atoms with Crippen molar-refractivity contribution >= 4 is 8.07 Å². The summed E-state index contributed by atoms with van der Waals surface area (Å²) >= 11 is 0. The summed E-state index contributed by atoms with van der Waals surface area (Å²) in [5.74, 6) is -0.619. The van der Waals surface area contributed by atoms with E-state index in [1.807, 2.05) is 13.8 Å². The van der Waals surface area contributed by atoms with E-state index in [1.54, 1.807) is 0 Å². The third-order valence-corrected chi connectivity index (χ3v) is 10.4. The molecule has 0 aromatic heterocycles. The van der Waals surface area contributed by atoms with Crippen LogP contribution in [-0.2, 0) is 14.2 Å². The van der Waals surface area contributed by atoms with E-state index in [1.165, 1.54) is 0 Å². The third-order valence-electron chi connectivity index (χ3n) is 4.87. The Morgan fingerprint density at radius 3 is 2.16 bits per heavy atom. The highest BCUT2D eigenvalue weighted by Crippen LogP contribution is 2.45. The van der Waals surface area contributed by atoms with Crippen molar-refractivity contribution < 1.29 is 19.3 Å². The molecule has 0 aliphatic carbocycles. The molecule has 0 spiro atoms. The van der Waals surface area contributed by atoms with Crippen molar-refractivity contribution in [3.05, 3.63) is 0 Å². The van der Waals surface area contributed by atoms with Gasteiger partial charge in [0.25, 0.3) is 0 Å². The number of hydrogen-bond acceptors (Lipinski definition) is 4. The molecular weight excluding hydrogens is 260 g/mol. The number of aliphatic hydroxyl groups is 1. The topological polar surface area (TPSA) is 47.9 Å². The Labute approximate surface area is 117 Å². The molecule has 112 valence electrons. The second kappa shape index (κ2) is 4.53. The van der Waals surface area contributed by atoms with Gasteiger partial charge in [0.1, 0.15) is 12.2 Å². The van der Waals surface area contributed by atoms with Gasteiger partial charge in [0.15, 0.2) is 12.1 Å². The lowest BCUT2D eigenvalue weighted by molar-refractivity contribution is -0.217. The maximum Gasteiger partial charge on any atom is 0.184 e. The van der Waals surface area contributed by atoms with Crippen LogP contribution in [0.25, 0.3) is 0 Å². The maximum atomic E-state index is 9.99. The Morgan fingerprint density at radius 1 is 1.11 bits per heavy atom. The minimum Gasteiger partial charge on any atom is -0.366 e. The maximum absolute atomic E-state index is 9.99. The van der Waals surface area contributed by atoms with Crippen LogP contribution in [0.3, 0.4) is 0 Å². The number of hydrogen-bond donors (Lipinski definition) is 1. The largest absolute Gasteiger partial charge is 0.366 e. The van der Waals surface area contributed by atoms with Gasteiger partial charge in [-0.3, -0.25) is 0 Å². The molecule has 0 saturated carbocycles. The van der Waals surface area contributed by atoms with E-state index in [-0.39, 0.29) is 18.3 Å². The van der Waals surface area contributed by atoms with Crippen molar-refractivity contribution in [2.75, 3.05) is 0 Å². The lowest BCUT2D eigenvalue weighted by atomic mass is 10.1. The van der Waals surface area contributed by atoms with Crippen LogP contribution in [0, 0.1) is 0 Å². The second-order valence-electron chi connectivity index (χ2n) is 7.97. The third kappa shape index (κ3) is 2.90. The SMILES string of the molecule is CC1(C)O[C@@H]2[C@H](O1)[C@@H](C[Si](C)(C)C(C)(C)C)O[C@H]2O. The molecule has 4 atom stereocenters. The zero-order chi connectivity index (χ0) is 14.6. The molecule has 0 aromatic rings. The second-order valence-corrected chi connectivity index (χ2v) is 13.6. The van der Waals surface area contributed by atoms with E-state index >= 15 is 0 Å². The van der Waals surface area contributed by atoms with Crippen molar-refractivity contribution in [3.63, 3.8) is 0 Å². The lowest BCUT2D eigenvalue weighted by Gasteiger charge is -2.39. The Kier molecular flexibility index (Phi) is 3.68. The van der Waals surface area contributed by atoms with E-state index in [2.05, 4.69) is 33.9 Å². The van der Waals surface area contributed by atoms with Gasteiger partial charge in [-0.25, -0.2) is 0 Å². The first-order chi connectivity index (χ1) is 8.43. The summed E-state index contributed by atoms with van der Waals surface area (Å²) in [6.45, 7) is 15.4. The Bertz CT molecular complexity index is 348. The summed E-state index contributed by atoms with van der Waals surface area (Å²) in [6.07, 6.45) is -1.40. The minimum atomic E-state index is -1.48. The fraction of sp³-hybridized carbons (Fsp3) is 1.00. The van der Waals surface area contributed by atoms with Crippen molar-refractivity contribution in [2.24, 2.45) is 0 Å². The molecule has 4 nitrogen and oxygen atoms in total. The van der Waals surface area contributed by atoms with Crippen molar-refractivity contribution in [2.45, 2.75) is 89.2 Å². The normalized spacial score (nSPS) is 38.5. The zero-order valence-electron chi connectivity index (χ0n) is 13.2. The molecule has 0 unspecified atom stereocenters. The molecular formula is C14H28O4Si. The van der Waals surface area contributed by atoms with Crippen LogP contribution in [0.4, 0.5) is 0 Å². The molecule has 2 heterocycles. The van der Waals surface area contributed by atoms with Crippen molar-refractivity contribution in [1.29, 1.82) is 0 Å². The first-order valence-corrected chi connectivity index (χ1v) is 10.3. The molecule has 1 N–H and O–H groups in total. The minimum absolute atomic E-state index is 0.0531. The smallest absolute Gasteiger partial charge is 0.184 e. The fourth-order valence-electron chi connectivity index (χ4n) is 2.63. The number of fused-ring (bicyclic) bond motifs is 1. The highest BCUT2D eigenvalue weighted by molar-refractivity contribution is 6.80. The predicted molar refractivity (Wildman–Crippen MR) is 76.7 cm³/mol. The molecule has 5 heteroatoms. The van der Waals surface area contributed by atoms with Crippen molar-refractivity contribution in [3.8, 4) is 0 Å². The molecule has 2 aliphatic rings. The van der Waals surface area contributed by atoms with Crippen LogP contribution in [0.2, 0.25) is 24.2 Å². The van der Waals surface area contributed by atoms with Gasteiger partial charge in [-0.2, -0.15) is 0 Å². The number of ether oxygens (including phenoxy) is 3. The van der Waals surface area contributed by atoms with Crippen molar-refractivity contribution in [1.82, 2.24) is 0 Å². The molecule has 2 aliphatic heterocycles. The summed E-state index contributed by atoms with van der Waals surface area (Å²) in [5.41, 5.74) is 0. The Balaban J connectivity index is 2.11. The van der Waals surface area contributed by atoms with E-state index < -0.39 is 20.2 Å². The molecule has 19 heavy (non-hydrogen) atoms. The van der Waals surface area contributed by atoms with Gasteiger partial charge in [0.05, 0.1) is 14.2 Å². The van der Waals surface area contributed by atoms with Gasteiger partial charge in [-0.05, 0) is 24.9 Å². The summed E-state index contributed by atoms with van der Waals surface area (Å²) in [6, 6.07) is 0.980. The number of aliphatic hydroxyl groups excluding tert-OH is 1. The van der Waals surface area contributed by atoms with Gasteiger partial charge in [0.2, 0.25) is 0 Å². The fourth-order valence-corrected chi connectivity index (χ4v) is 4.58. The first-order valence-electron chi connectivity index (χ1n) is 7.12. The molecule has 0 amide bonds. The molecule has 0 radical (unpaired) electrons. The van der Waals surface area contributed by atoms with Gasteiger partial charge in [-0.15, -0.1) is 0 Å². The first kappa shape index (κ1) is 15.4. The summed E-state index contributed by atoms with van der Waals surface area (Å²) < 4.78 is 17.4. The van der Waals surface area contributed by atoms with Crippen LogP contribution in [0.5, 0.6) is 0 Å². The summed E-state index contributed by atoms with van der Waals surface area (Å²) in [7, 11) is -1.48. The quantitative estimate of drug-likeness (QED) is 0.794.